The van der Waals surface area contributed by atoms with Crippen LogP contribution in [0.4, 0.5) is 0 Å². The summed E-state index contributed by atoms with van der Waals surface area (Å²) in [6.45, 7) is 4.37. The van der Waals surface area contributed by atoms with E-state index in [2.05, 4.69) is 10.6 Å². The van der Waals surface area contributed by atoms with Crippen molar-refractivity contribution < 1.29 is 9.59 Å². The number of nitrogens with one attached hydrogen (secondary N) is 2. The van der Waals surface area contributed by atoms with Gasteiger partial charge in [-0.2, -0.15) is 0 Å². The molecule has 4 bridgehead atoms. The molecule has 21 heavy (non-hydrogen) atoms. The molecule has 4 heteroatoms. The molecule has 4 saturated carbocycles. The van der Waals surface area contributed by atoms with Crippen molar-refractivity contribution in [3.05, 3.63) is 0 Å². The summed E-state index contributed by atoms with van der Waals surface area (Å²) < 4.78 is 0. The molecule has 4 rings (SSSR count). The minimum atomic E-state index is -0.0940. The normalized spacial score (nSPS) is 36.8. The average Bonchev–Trinajstić information content (AvgIpc) is 2.35. The number of hydrogen-bond acceptors (Lipinski definition) is 2. The molecule has 0 aromatic heterocycles. The zero-order valence-corrected chi connectivity index (χ0v) is 13.3. The van der Waals surface area contributed by atoms with Crippen molar-refractivity contribution in [1.82, 2.24) is 10.6 Å². The van der Waals surface area contributed by atoms with E-state index in [9.17, 15) is 9.59 Å². The number of carbonyl (C=O) groups excluding carboxylic acids is 2. The van der Waals surface area contributed by atoms with Gasteiger partial charge in [0.05, 0.1) is 0 Å². The largest absolute Gasteiger partial charge is 0.355 e. The second kappa shape index (κ2) is 5.62. The van der Waals surface area contributed by atoms with Gasteiger partial charge in [-0.25, -0.2) is 0 Å². The van der Waals surface area contributed by atoms with Crippen LogP contribution in [-0.2, 0) is 9.59 Å². The zero-order chi connectivity index (χ0) is 15.0. The highest BCUT2D eigenvalue weighted by atomic mass is 16.2. The molecule has 2 N–H and O–H groups in total. The second-order valence-electron chi connectivity index (χ2n) is 7.93. The predicted molar refractivity (Wildman–Crippen MR) is 81.5 cm³/mol. The van der Waals surface area contributed by atoms with Crippen molar-refractivity contribution in [2.24, 2.45) is 23.2 Å². The minimum Gasteiger partial charge on any atom is -0.355 e. The molecule has 0 radical (unpaired) electrons. The standard InChI is InChI=1S/C17H28N2O2/c1-11(2)19-15(20)3-4-18-16(21)17-8-12-5-13(9-17)7-14(6-12)10-17/h11-14H,3-10H2,1-2H3,(H,18,21)(H,19,20). The predicted octanol–water partition coefficient (Wildman–Crippen LogP) is 2.23. The summed E-state index contributed by atoms with van der Waals surface area (Å²) >= 11 is 0. The van der Waals surface area contributed by atoms with E-state index in [1.165, 1.54) is 19.3 Å². The first kappa shape index (κ1) is 14.9. The molecule has 0 atom stereocenters. The lowest BCUT2D eigenvalue weighted by Crippen LogP contribution is -2.53. The molecule has 4 aliphatic rings. The Bertz CT molecular complexity index is 395. The fraction of sp³-hybridized carbons (Fsp3) is 0.882. The van der Waals surface area contributed by atoms with Crippen molar-refractivity contribution in [1.29, 1.82) is 0 Å². The van der Waals surface area contributed by atoms with E-state index < -0.39 is 0 Å². The summed E-state index contributed by atoms with van der Waals surface area (Å²) in [7, 11) is 0. The van der Waals surface area contributed by atoms with Crippen LogP contribution in [-0.4, -0.2) is 24.4 Å². The first-order valence-corrected chi connectivity index (χ1v) is 8.54. The highest BCUT2D eigenvalue weighted by Crippen LogP contribution is 2.60. The molecule has 2 amide bonds. The van der Waals surface area contributed by atoms with Crippen LogP contribution in [0.2, 0.25) is 0 Å². The molecule has 0 aromatic rings. The molecular formula is C17H28N2O2. The van der Waals surface area contributed by atoms with Crippen LogP contribution in [0.25, 0.3) is 0 Å². The smallest absolute Gasteiger partial charge is 0.226 e. The summed E-state index contributed by atoms with van der Waals surface area (Å²) in [5, 5.41) is 5.91. The molecule has 0 aromatic carbocycles. The molecule has 0 saturated heterocycles. The van der Waals surface area contributed by atoms with Crippen LogP contribution >= 0.6 is 0 Å². The fourth-order valence-corrected chi connectivity index (χ4v) is 5.26. The van der Waals surface area contributed by atoms with Gasteiger partial charge in [-0.05, 0) is 70.1 Å². The zero-order valence-electron chi connectivity index (χ0n) is 13.3. The van der Waals surface area contributed by atoms with Crippen LogP contribution in [0.5, 0.6) is 0 Å². The van der Waals surface area contributed by atoms with Gasteiger partial charge >= 0.3 is 0 Å². The van der Waals surface area contributed by atoms with Gasteiger partial charge in [0.25, 0.3) is 0 Å². The number of rotatable bonds is 5. The van der Waals surface area contributed by atoms with Gasteiger partial charge in [-0.15, -0.1) is 0 Å². The fourth-order valence-electron chi connectivity index (χ4n) is 5.26. The summed E-state index contributed by atoms with van der Waals surface area (Å²) in [4.78, 5) is 24.3. The Hall–Kier alpha value is -1.06. The van der Waals surface area contributed by atoms with Crippen LogP contribution in [0, 0.1) is 23.2 Å². The van der Waals surface area contributed by atoms with Gasteiger partial charge in [0, 0.05) is 24.4 Å². The molecule has 0 unspecified atom stereocenters. The lowest BCUT2D eigenvalue weighted by atomic mass is 9.49. The molecule has 0 spiro atoms. The van der Waals surface area contributed by atoms with Crippen molar-refractivity contribution in [2.45, 2.75) is 64.8 Å². The summed E-state index contributed by atoms with van der Waals surface area (Å²) in [5.41, 5.74) is -0.0940. The molecule has 0 aliphatic heterocycles. The first-order valence-electron chi connectivity index (χ1n) is 8.54. The summed E-state index contributed by atoms with van der Waals surface area (Å²) in [5.74, 6) is 2.60. The Labute approximate surface area is 127 Å². The first-order chi connectivity index (χ1) is 9.97. The Kier molecular flexibility index (Phi) is 3.98. The molecule has 118 valence electrons. The number of hydrogen-bond donors (Lipinski definition) is 2. The van der Waals surface area contributed by atoms with Crippen LogP contribution in [0.3, 0.4) is 0 Å². The molecule has 4 aliphatic carbocycles. The third-order valence-electron chi connectivity index (χ3n) is 5.61. The maximum atomic E-state index is 12.7. The lowest BCUT2D eigenvalue weighted by molar-refractivity contribution is -0.146. The molecule has 4 fully saturated rings. The van der Waals surface area contributed by atoms with Gasteiger partial charge in [0.15, 0.2) is 0 Å². The highest BCUT2D eigenvalue weighted by Gasteiger charge is 2.54. The Morgan fingerprint density at radius 3 is 2.05 bits per heavy atom. The van der Waals surface area contributed by atoms with E-state index in [0.29, 0.717) is 13.0 Å². The number of amides is 2. The average molecular weight is 292 g/mol. The third kappa shape index (κ3) is 3.09. The van der Waals surface area contributed by atoms with Gasteiger partial charge in [-0.3, -0.25) is 9.59 Å². The van der Waals surface area contributed by atoms with E-state index in [1.807, 2.05) is 13.8 Å². The van der Waals surface area contributed by atoms with E-state index in [-0.39, 0.29) is 23.3 Å². The third-order valence-corrected chi connectivity index (χ3v) is 5.61. The van der Waals surface area contributed by atoms with E-state index in [4.69, 9.17) is 0 Å². The van der Waals surface area contributed by atoms with Crippen molar-refractivity contribution in [3.63, 3.8) is 0 Å². The van der Waals surface area contributed by atoms with E-state index in [1.54, 1.807) is 0 Å². The quantitative estimate of drug-likeness (QED) is 0.816. The second-order valence-corrected chi connectivity index (χ2v) is 7.93. The topological polar surface area (TPSA) is 58.2 Å². The molecule has 0 heterocycles. The lowest BCUT2D eigenvalue weighted by Gasteiger charge is -2.55. The van der Waals surface area contributed by atoms with Gasteiger partial charge < -0.3 is 10.6 Å². The highest BCUT2D eigenvalue weighted by molar-refractivity contribution is 5.84. The van der Waals surface area contributed by atoms with E-state index in [0.717, 1.165) is 37.0 Å². The molecule has 4 nitrogen and oxygen atoms in total. The Morgan fingerprint density at radius 2 is 1.57 bits per heavy atom. The Morgan fingerprint density at radius 1 is 1.05 bits per heavy atom. The summed E-state index contributed by atoms with van der Waals surface area (Å²) in [6.07, 6.45) is 7.70. The van der Waals surface area contributed by atoms with E-state index >= 15 is 0 Å². The van der Waals surface area contributed by atoms with Gasteiger partial charge in [-0.1, -0.05) is 0 Å². The monoisotopic (exact) mass is 292 g/mol. The van der Waals surface area contributed by atoms with Crippen LogP contribution < -0.4 is 10.6 Å². The summed E-state index contributed by atoms with van der Waals surface area (Å²) in [6, 6.07) is 0.163. The van der Waals surface area contributed by atoms with Gasteiger partial charge in [0.2, 0.25) is 11.8 Å². The Balaban J connectivity index is 1.50. The van der Waals surface area contributed by atoms with Crippen LogP contribution in [0.1, 0.15) is 58.8 Å². The van der Waals surface area contributed by atoms with Crippen molar-refractivity contribution in [3.8, 4) is 0 Å². The maximum Gasteiger partial charge on any atom is 0.226 e. The van der Waals surface area contributed by atoms with Gasteiger partial charge in [0.1, 0.15) is 0 Å². The van der Waals surface area contributed by atoms with Crippen molar-refractivity contribution >= 4 is 11.8 Å². The maximum absolute atomic E-state index is 12.7. The molecular weight excluding hydrogens is 264 g/mol. The van der Waals surface area contributed by atoms with Crippen LogP contribution in [0.15, 0.2) is 0 Å². The SMILES string of the molecule is CC(C)NC(=O)CCNC(=O)C12CC3CC(CC(C3)C1)C2. The van der Waals surface area contributed by atoms with Crippen molar-refractivity contribution in [2.75, 3.05) is 6.54 Å². The minimum absolute atomic E-state index is 0.0239. The number of carbonyl (C=O) groups is 2.